The molecule has 8 heteroatoms. The number of rotatable bonds is 6. The third kappa shape index (κ3) is 4.67. The van der Waals surface area contributed by atoms with Crippen LogP contribution in [0.3, 0.4) is 0 Å². The first-order valence-corrected chi connectivity index (χ1v) is 6.60. The number of anilines is 1. The van der Waals surface area contributed by atoms with E-state index in [9.17, 15) is 9.59 Å². The lowest BCUT2D eigenvalue weighted by molar-refractivity contribution is -0.119. The van der Waals surface area contributed by atoms with Crippen LogP contribution >= 0.6 is 0 Å². The molecule has 6 N–H and O–H groups in total. The highest BCUT2D eigenvalue weighted by atomic mass is 16.2. The first kappa shape index (κ1) is 16.8. The summed E-state index contributed by atoms with van der Waals surface area (Å²) < 4.78 is 0. The zero-order valence-electron chi connectivity index (χ0n) is 12.7. The van der Waals surface area contributed by atoms with Crippen LogP contribution in [0.4, 0.5) is 5.69 Å². The molecule has 0 aliphatic heterocycles. The van der Waals surface area contributed by atoms with Gasteiger partial charge in [0.15, 0.2) is 5.69 Å². The Balaban J connectivity index is 3.05. The molecular weight excluding hydrogens is 272 g/mol. The van der Waals surface area contributed by atoms with E-state index in [2.05, 4.69) is 20.7 Å². The van der Waals surface area contributed by atoms with Crippen LogP contribution in [-0.4, -0.2) is 27.3 Å². The van der Waals surface area contributed by atoms with E-state index in [1.807, 2.05) is 13.8 Å². The largest absolute Gasteiger partial charge is 0.370 e. The molecule has 2 amide bonds. The normalized spacial score (nSPS) is 11.3. The minimum absolute atomic E-state index is 0.0201. The van der Waals surface area contributed by atoms with Gasteiger partial charge in [0, 0.05) is 17.9 Å². The number of nitrogens with one attached hydrogen (secondary N) is 2. The number of carbonyl (C=O) groups is 2. The maximum atomic E-state index is 12.3. The number of aromatic nitrogens is 2. The molecule has 1 heterocycles. The average Bonchev–Trinajstić information content (AvgIpc) is 2.35. The number of primary amides is 1. The van der Waals surface area contributed by atoms with Crippen molar-refractivity contribution in [2.45, 2.75) is 45.6 Å². The summed E-state index contributed by atoms with van der Waals surface area (Å²) in [6, 6.07) is 0. The lowest BCUT2D eigenvalue weighted by Crippen LogP contribution is -2.46. The lowest BCUT2D eigenvalue weighted by atomic mass is 10.00. The van der Waals surface area contributed by atoms with Crippen molar-refractivity contribution in [3.05, 3.63) is 17.7 Å². The van der Waals surface area contributed by atoms with Gasteiger partial charge in [0.25, 0.3) is 5.91 Å². The molecule has 0 aliphatic rings. The van der Waals surface area contributed by atoms with E-state index in [0.717, 1.165) is 0 Å². The smallest absolute Gasteiger partial charge is 0.272 e. The summed E-state index contributed by atoms with van der Waals surface area (Å²) in [5.74, 6) is 5.04. The number of amides is 2. The zero-order valence-corrected chi connectivity index (χ0v) is 12.7. The van der Waals surface area contributed by atoms with Crippen LogP contribution < -0.4 is 22.3 Å². The number of nitrogens with zero attached hydrogens (tertiary/aromatic N) is 2. The fraction of sp³-hybridized carbons (Fsp3) is 0.538. The van der Waals surface area contributed by atoms with Crippen molar-refractivity contribution in [1.82, 2.24) is 15.3 Å². The SMILES string of the molecule is CC(C)c1ncc(NN)c(C(=O)NC(C)(C)CC(N)=O)n1. The molecule has 1 rings (SSSR count). The number of hydrogen-bond donors (Lipinski definition) is 4. The van der Waals surface area contributed by atoms with Gasteiger partial charge >= 0.3 is 0 Å². The number of carbonyl (C=O) groups excluding carboxylic acids is 2. The lowest BCUT2D eigenvalue weighted by Gasteiger charge is -2.25. The molecule has 21 heavy (non-hydrogen) atoms. The van der Waals surface area contributed by atoms with Crippen LogP contribution in [0.2, 0.25) is 0 Å². The van der Waals surface area contributed by atoms with E-state index in [4.69, 9.17) is 11.6 Å². The third-order valence-electron chi connectivity index (χ3n) is 2.76. The van der Waals surface area contributed by atoms with Gasteiger partial charge in [-0.1, -0.05) is 13.8 Å². The average molecular weight is 294 g/mol. The second kappa shape index (κ2) is 6.49. The maximum absolute atomic E-state index is 12.3. The summed E-state index contributed by atoms with van der Waals surface area (Å²) in [7, 11) is 0. The number of nitrogens with two attached hydrogens (primary N) is 2. The molecule has 0 spiro atoms. The molecule has 0 atom stereocenters. The molecule has 0 unspecified atom stereocenters. The van der Waals surface area contributed by atoms with Gasteiger partial charge in [0.1, 0.15) is 5.82 Å². The molecule has 0 aromatic carbocycles. The molecule has 8 nitrogen and oxygen atoms in total. The van der Waals surface area contributed by atoms with Crippen LogP contribution in [0.1, 0.15) is 56.3 Å². The minimum atomic E-state index is -0.780. The van der Waals surface area contributed by atoms with E-state index < -0.39 is 17.4 Å². The summed E-state index contributed by atoms with van der Waals surface area (Å²) >= 11 is 0. The molecule has 0 radical (unpaired) electrons. The molecular formula is C13H22N6O2. The number of hydrazine groups is 1. The zero-order chi connectivity index (χ0) is 16.2. The molecule has 1 aromatic heterocycles. The van der Waals surface area contributed by atoms with Gasteiger partial charge in [-0.25, -0.2) is 9.97 Å². The summed E-state index contributed by atoms with van der Waals surface area (Å²) in [6.07, 6.45) is 1.48. The van der Waals surface area contributed by atoms with E-state index in [1.165, 1.54) is 6.20 Å². The van der Waals surface area contributed by atoms with Crippen molar-refractivity contribution in [1.29, 1.82) is 0 Å². The van der Waals surface area contributed by atoms with E-state index in [-0.39, 0.29) is 18.0 Å². The topological polar surface area (TPSA) is 136 Å². The Bertz CT molecular complexity index is 541. The van der Waals surface area contributed by atoms with Crippen LogP contribution in [0.15, 0.2) is 6.20 Å². The van der Waals surface area contributed by atoms with Crippen LogP contribution in [0, 0.1) is 0 Å². The van der Waals surface area contributed by atoms with Gasteiger partial charge in [0.2, 0.25) is 5.91 Å². The molecule has 0 fully saturated rings. The first-order chi connectivity index (χ1) is 9.66. The number of nitrogen functional groups attached to an aromatic ring is 1. The van der Waals surface area contributed by atoms with E-state index >= 15 is 0 Å². The second-order valence-corrected chi connectivity index (χ2v) is 5.77. The van der Waals surface area contributed by atoms with Crippen molar-refractivity contribution < 1.29 is 9.59 Å². The Morgan fingerprint density at radius 1 is 1.38 bits per heavy atom. The predicted molar refractivity (Wildman–Crippen MR) is 79.3 cm³/mol. The Labute approximate surface area is 123 Å². The highest BCUT2D eigenvalue weighted by molar-refractivity contribution is 5.98. The van der Waals surface area contributed by atoms with Crippen LogP contribution in [0.5, 0.6) is 0 Å². The summed E-state index contributed by atoms with van der Waals surface area (Å²) in [5, 5.41) is 2.72. The van der Waals surface area contributed by atoms with Gasteiger partial charge in [-0.2, -0.15) is 0 Å². The first-order valence-electron chi connectivity index (χ1n) is 6.60. The van der Waals surface area contributed by atoms with Gasteiger partial charge < -0.3 is 16.5 Å². The van der Waals surface area contributed by atoms with Crippen molar-refractivity contribution in [3.63, 3.8) is 0 Å². The second-order valence-electron chi connectivity index (χ2n) is 5.77. The highest BCUT2D eigenvalue weighted by Crippen LogP contribution is 2.17. The highest BCUT2D eigenvalue weighted by Gasteiger charge is 2.26. The Kier molecular flexibility index (Phi) is 5.20. The summed E-state index contributed by atoms with van der Waals surface area (Å²) in [5.41, 5.74) is 7.22. The summed E-state index contributed by atoms with van der Waals surface area (Å²) in [6.45, 7) is 7.25. The monoisotopic (exact) mass is 294 g/mol. The van der Waals surface area contributed by atoms with E-state index in [0.29, 0.717) is 11.5 Å². The van der Waals surface area contributed by atoms with Crippen LogP contribution in [-0.2, 0) is 4.79 Å². The Hall–Kier alpha value is -2.22. The Morgan fingerprint density at radius 2 is 2.00 bits per heavy atom. The van der Waals surface area contributed by atoms with Crippen molar-refractivity contribution in [3.8, 4) is 0 Å². The van der Waals surface area contributed by atoms with Gasteiger partial charge in [-0.15, -0.1) is 0 Å². The van der Waals surface area contributed by atoms with Crippen molar-refractivity contribution >= 4 is 17.5 Å². The van der Waals surface area contributed by atoms with Gasteiger partial charge in [-0.05, 0) is 13.8 Å². The van der Waals surface area contributed by atoms with E-state index in [1.54, 1.807) is 13.8 Å². The standard InChI is InChI=1S/C13H22N6O2/c1-7(2)11-16-6-8(19-15)10(17-11)12(21)18-13(3,4)5-9(14)20/h6-7,19H,5,15H2,1-4H3,(H2,14,20)(H,18,21). The van der Waals surface area contributed by atoms with Crippen molar-refractivity contribution in [2.24, 2.45) is 11.6 Å². The molecule has 0 aliphatic carbocycles. The fourth-order valence-electron chi connectivity index (χ4n) is 1.80. The molecule has 1 aromatic rings. The van der Waals surface area contributed by atoms with Gasteiger partial charge in [0.05, 0.1) is 11.9 Å². The third-order valence-corrected chi connectivity index (χ3v) is 2.76. The molecule has 0 bridgehead atoms. The van der Waals surface area contributed by atoms with Crippen LogP contribution in [0.25, 0.3) is 0 Å². The molecule has 0 saturated heterocycles. The minimum Gasteiger partial charge on any atom is -0.370 e. The summed E-state index contributed by atoms with van der Waals surface area (Å²) in [4.78, 5) is 31.7. The number of hydrogen-bond acceptors (Lipinski definition) is 6. The fourth-order valence-corrected chi connectivity index (χ4v) is 1.80. The van der Waals surface area contributed by atoms with Gasteiger partial charge in [-0.3, -0.25) is 15.4 Å². The predicted octanol–water partition coefficient (Wildman–Crippen LogP) is 0.269. The quantitative estimate of drug-likeness (QED) is 0.439. The molecule has 0 saturated carbocycles. The molecule has 116 valence electrons. The van der Waals surface area contributed by atoms with Crippen molar-refractivity contribution in [2.75, 3.05) is 5.43 Å². The maximum Gasteiger partial charge on any atom is 0.272 e. The Morgan fingerprint density at radius 3 is 2.48 bits per heavy atom.